The summed E-state index contributed by atoms with van der Waals surface area (Å²) in [5.41, 5.74) is 0.111. The second-order valence-electron chi connectivity index (χ2n) is 3.82. The maximum Gasteiger partial charge on any atom is 0.375 e. The number of hydrogen-bond acceptors (Lipinski definition) is 5. The van der Waals surface area contributed by atoms with Crippen molar-refractivity contribution >= 4 is 11.9 Å². The number of aliphatic hydroxyl groups excluding tert-OH is 1. The Bertz CT molecular complexity index is 547. The van der Waals surface area contributed by atoms with E-state index in [0.717, 1.165) is 0 Å². The average Bonchev–Trinajstić information content (AvgIpc) is 2.67. The summed E-state index contributed by atoms with van der Waals surface area (Å²) in [7, 11) is 0. The van der Waals surface area contributed by atoms with Crippen molar-refractivity contribution in [3.05, 3.63) is 47.0 Å². The van der Waals surface area contributed by atoms with Crippen molar-refractivity contribution < 1.29 is 28.6 Å². The molecule has 100 valence electrons. The molecule has 1 aliphatic heterocycles. The quantitative estimate of drug-likeness (QED) is 0.844. The maximum atomic E-state index is 12.8. The van der Waals surface area contributed by atoms with E-state index in [4.69, 9.17) is 9.47 Å². The van der Waals surface area contributed by atoms with E-state index in [0.29, 0.717) is 5.56 Å². The topological polar surface area (TPSA) is 72.8 Å². The molecule has 5 nitrogen and oxygen atoms in total. The predicted octanol–water partition coefficient (Wildman–Crippen LogP) is 1.80. The summed E-state index contributed by atoms with van der Waals surface area (Å²) < 4.78 is 22.5. The van der Waals surface area contributed by atoms with Crippen LogP contribution in [0.3, 0.4) is 0 Å². The summed E-state index contributed by atoms with van der Waals surface area (Å²) in [6.45, 7) is 1.69. The van der Waals surface area contributed by atoms with Crippen molar-refractivity contribution in [1.29, 1.82) is 0 Å². The molecule has 0 bridgehead atoms. The number of hydrogen-bond donors (Lipinski definition) is 1. The first-order valence-corrected chi connectivity index (χ1v) is 5.61. The lowest BCUT2D eigenvalue weighted by Crippen LogP contribution is -2.14. The number of rotatable bonds is 3. The van der Waals surface area contributed by atoms with Crippen LogP contribution < -0.4 is 0 Å². The van der Waals surface area contributed by atoms with Gasteiger partial charge in [0.25, 0.3) is 0 Å². The number of cyclic esters (lactones) is 1. The molecule has 0 radical (unpaired) electrons. The number of carbonyl (C=O) groups is 2. The van der Waals surface area contributed by atoms with Crippen LogP contribution in [0.15, 0.2) is 35.6 Å². The van der Waals surface area contributed by atoms with Gasteiger partial charge in [-0.1, -0.05) is 12.1 Å². The Morgan fingerprint density at radius 2 is 2.05 bits per heavy atom. The van der Waals surface area contributed by atoms with Gasteiger partial charge in [-0.2, -0.15) is 0 Å². The average molecular weight is 266 g/mol. The molecule has 1 aromatic carbocycles. The molecule has 19 heavy (non-hydrogen) atoms. The molecule has 0 saturated carbocycles. The highest BCUT2D eigenvalue weighted by Crippen LogP contribution is 2.34. The molecule has 1 aliphatic rings. The van der Waals surface area contributed by atoms with E-state index in [1.165, 1.54) is 24.3 Å². The molecule has 1 aromatic rings. The molecular formula is C13H11FO5. The van der Waals surface area contributed by atoms with Gasteiger partial charge in [0, 0.05) is 0 Å². The first-order chi connectivity index (χ1) is 9.04. The summed E-state index contributed by atoms with van der Waals surface area (Å²) in [5.74, 6) is -3.07. The Labute approximate surface area is 108 Å². The fourth-order valence-electron chi connectivity index (χ4n) is 1.74. The Morgan fingerprint density at radius 3 is 2.63 bits per heavy atom. The van der Waals surface area contributed by atoms with Gasteiger partial charge in [-0.05, 0) is 24.6 Å². The highest BCUT2D eigenvalue weighted by atomic mass is 19.1. The summed E-state index contributed by atoms with van der Waals surface area (Å²) in [4.78, 5) is 23.0. The normalized spacial score (nSPS) is 18.4. The van der Waals surface area contributed by atoms with E-state index < -0.39 is 29.6 Å². The van der Waals surface area contributed by atoms with Crippen LogP contribution in [0.5, 0.6) is 0 Å². The Morgan fingerprint density at radius 1 is 1.42 bits per heavy atom. The third kappa shape index (κ3) is 2.42. The van der Waals surface area contributed by atoms with Crippen molar-refractivity contribution in [3.8, 4) is 0 Å². The van der Waals surface area contributed by atoms with Gasteiger partial charge in [-0.25, -0.2) is 14.0 Å². The third-order valence-corrected chi connectivity index (χ3v) is 2.60. The Hall–Kier alpha value is -2.37. The molecule has 1 N–H and O–H groups in total. The summed E-state index contributed by atoms with van der Waals surface area (Å²) in [6.07, 6.45) is -1.08. The van der Waals surface area contributed by atoms with Crippen molar-refractivity contribution in [1.82, 2.24) is 0 Å². The second kappa shape index (κ2) is 5.09. The molecule has 0 aromatic heterocycles. The molecule has 0 fully saturated rings. The lowest BCUT2D eigenvalue weighted by atomic mass is 10.0. The first-order valence-electron chi connectivity index (χ1n) is 5.61. The van der Waals surface area contributed by atoms with E-state index >= 15 is 0 Å². The van der Waals surface area contributed by atoms with E-state index in [-0.39, 0.29) is 12.2 Å². The lowest BCUT2D eigenvalue weighted by Gasteiger charge is -2.12. The van der Waals surface area contributed by atoms with Crippen LogP contribution in [0.2, 0.25) is 0 Å². The highest BCUT2D eigenvalue weighted by molar-refractivity contribution is 6.02. The molecular weight excluding hydrogens is 255 g/mol. The van der Waals surface area contributed by atoms with Crippen molar-refractivity contribution in [2.24, 2.45) is 0 Å². The van der Waals surface area contributed by atoms with Crippen molar-refractivity contribution in [3.63, 3.8) is 0 Å². The molecule has 1 unspecified atom stereocenters. The van der Waals surface area contributed by atoms with Gasteiger partial charge < -0.3 is 14.6 Å². The van der Waals surface area contributed by atoms with Gasteiger partial charge >= 0.3 is 11.9 Å². The van der Waals surface area contributed by atoms with Gasteiger partial charge in [0.1, 0.15) is 11.4 Å². The number of esters is 2. The standard InChI is InChI=1S/C13H11FO5/c1-2-18-12(16)9-10(15)13(17)19-11(9)7-3-5-8(14)6-4-7/h3-6,11,15H,2H2,1H3. The maximum absolute atomic E-state index is 12.8. The van der Waals surface area contributed by atoms with Crippen LogP contribution in [-0.2, 0) is 19.1 Å². The highest BCUT2D eigenvalue weighted by Gasteiger charge is 2.40. The summed E-state index contributed by atoms with van der Waals surface area (Å²) in [6, 6.07) is 5.07. The number of ether oxygens (including phenoxy) is 2. The molecule has 0 spiro atoms. The van der Waals surface area contributed by atoms with Crippen LogP contribution in [0, 0.1) is 5.82 Å². The SMILES string of the molecule is CCOC(=O)C1=C(O)C(=O)OC1c1ccc(F)cc1. The van der Waals surface area contributed by atoms with Gasteiger partial charge in [-0.3, -0.25) is 0 Å². The van der Waals surface area contributed by atoms with E-state index in [1.54, 1.807) is 6.92 Å². The van der Waals surface area contributed by atoms with E-state index in [1.807, 2.05) is 0 Å². The summed E-state index contributed by atoms with van der Waals surface area (Å²) >= 11 is 0. The third-order valence-electron chi connectivity index (χ3n) is 2.60. The van der Waals surface area contributed by atoms with Gasteiger partial charge in [0.15, 0.2) is 6.10 Å². The fraction of sp³-hybridized carbons (Fsp3) is 0.231. The van der Waals surface area contributed by atoms with Crippen LogP contribution in [0.25, 0.3) is 0 Å². The second-order valence-corrected chi connectivity index (χ2v) is 3.82. The van der Waals surface area contributed by atoms with Crippen molar-refractivity contribution in [2.45, 2.75) is 13.0 Å². The molecule has 0 saturated heterocycles. The van der Waals surface area contributed by atoms with E-state index in [9.17, 15) is 19.1 Å². The van der Waals surface area contributed by atoms with Gasteiger partial charge in [0.2, 0.25) is 5.76 Å². The Balaban J connectivity index is 2.38. The zero-order chi connectivity index (χ0) is 14.0. The molecule has 0 amide bonds. The minimum Gasteiger partial charge on any atom is -0.501 e. The largest absolute Gasteiger partial charge is 0.501 e. The molecule has 1 heterocycles. The molecule has 0 aliphatic carbocycles. The minimum absolute atomic E-state index is 0.0972. The molecule has 6 heteroatoms. The zero-order valence-corrected chi connectivity index (χ0v) is 10.1. The number of halogens is 1. The lowest BCUT2D eigenvalue weighted by molar-refractivity contribution is -0.143. The fourth-order valence-corrected chi connectivity index (χ4v) is 1.74. The monoisotopic (exact) mass is 266 g/mol. The number of benzene rings is 1. The van der Waals surface area contributed by atoms with Gasteiger partial charge in [0.05, 0.1) is 6.61 Å². The van der Waals surface area contributed by atoms with Crippen LogP contribution in [0.1, 0.15) is 18.6 Å². The molecule has 1 atom stereocenters. The van der Waals surface area contributed by atoms with Crippen LogP contribution in [-0.4, -0.2) is 23.7 Å². The van der Waals surface area contributed by atoms with Crippen LogP contribution >= 0.6 is 0 Å². The zero-order valence-electron chi connectivity index (χ0n) is 10.1. The van der Waals surface area contributed by atoms with Crippen LogP contribution in [0.4, 0.5) is 4.39 Å². The Kier molecular flexibility index (Phi) is 3.50. The predicted molar refractivity (Wildman–Crippen MR) is 61.5 cm³/mol. The molecule has 2 rings (SSSR count). The first kappa shape index (κ1) is 13.1. The smallest absolute Gasteiger partial charge is 0.375 e. The summed E-state index contributed by atoms with van der Waals surface area (Å²) in [5, 5.41) is 9.57. The number of aliphatic hydroxyl groups is 1. The van der Waals surface area contributed by atoms with Gasteiger partial charge in [-0.15, -0.1) is 0 Å². The number of carbonyl (C=O) groups excluding carboxylic acids is 2. The van der Waals surface area contributed by atoms with E-state index in [2.05, 4.69) is 0 Å². The van der Waals surface area contributed by atoms with Crippen molar-refractivity contribution in [2.75, 3.05) is 6.61 Å². The minimum atomic E-state index is -1.08.